The Kier molecular flexibility index (Phi) is 3.63. The third-order valence-corrected chi connectivity index (χ3v) is 2.68. The molecule has 0 fully saturated rings. The molecule has 0 atom stereocenters. The lowest BCUT2D eigenvalue weighted by Crippen LogP contribution is -1.92. The zero-order chi connectivity index (χ0) is 13.1. The minimum Gasteiger partial charge on any atom is -0.456 e. The van der Waals surface area contributed by atoms with Gasteiger partial charge in [-0.05, 0) is 49.4 Å². The Morgan fingerprint density at radius 1 is 1.17 bits per heavy atom. The van der Waals surface area contributed by atoms with Crippen molar-refractivity contribution in [3.8, 4) is 11.5 Å². The van der Waals surface area contributed by atoms with Crippen LogP contribution < -0.4 is 4.74 Å². The van der Waals surface area contributed by atoms with E-state index in [-0.39, 0.29) is 10.8 Å². The summed E-state index contributed by atoms with van der Waals surface area (Å²) in [5, 5.41) is 0.200. The van der Waals surface area contributed by atoms with E-state index in [2.05, 4.69) is 0 Å². The molecule has 4 heteroatoms. The summed E-state index contributed by atoms with van der Waals surface area (Å²) in [4.78, 5) is 11.1. The Labute approximate surface area is 109 Å². The number of ketones is 1. The predicted octanol–water partition coefficient (Wildman–Crippen LogP) is 4.47. The highest BCUT2D eigenvalue weighted by Gasteiger charge is 2.05. The maximum Gasteiger partial charge on any atom is 0.159 e. The number of carbonyl (C=O) groups is 1. The van der Waals surface area contributed by atoms with Crippen molar-refractivity contribution < 1.29 is 13.9 Å². The highest BCUT2D eigenvalue weighted by Crippen LogP contribution is 2.29. The zero-order valence-electron chi connectivity index (χ0n) is 9.61. The molecule has 0 aliphatic rings. The smallest absolute Gasteiger partial charge is 0.159 e. The largest absolute Gasteiger partial charge is 0.456 e. The predicted molar refractivity (Wildman–Crippen MR) is 67.9 cm³/mol. The molecule has 0 saturated heterocycles. The van der Waals surface area contributed by atoms with Gasteiger partial charge in [0.15, 0.2) is 5.78 Å². The molecule has 0 N–H and O–H groups in total. The number of benzene rings is 2. The molecule has 2 rings (SSSR count). The van der Waals surface area contributed by atoms with Crippen LogP contribution in [0.25, 0.3) is 0 Å². The molecular weight excluding hydrogens is 255 g/mol. The topological polar surface area (TPSA) is 26.3 Å². The molecule has 2 aromatic rings. The Hall–Kier alpha value is -1.87. The van der Waals surface area contributed by atoms with Gasteiger partial charge in [0, 0.05) is 5.56 Å². The first-order valence-electron chi connectivity index (χ1n) is 5.30. The van der Waals surface area contributed by atoms with E-state index in [1.165, 1.54) is 25.1 Å². The Bertz CT molecular complexity index is 579. The standard InChI is InChI=1S/C14H10ClFO2/c1-9(17)10-2-5-12(6-3-10)18-14-7-4-11(16)8-13(14)15/h2-8H,1H3. The van der Waals surface area contributed by atoms with E-state index < -0.39 is 5.82 Å². The van der Waals surface area contributed by atoms with Crippen molar-refractivity contribution in [2.24, 2.45) is 0 Å². The minimum atomic E-state index is -0.417. The van der Waals surface area contributed by atoms with E-state index in [9.17, 15) is 9.18 Å². The van der Waals surface area contributed by atoms with Gasteiger partial charge in [0.05, 0.1) is 5.02 Å². The quantitative estimate of drug-likeness (QED) is 0.765. The third kappa shape index (κ3) is 2.87. The fraction of sp³-hybridized carbons (Fsp3) is 0.0714. The second kappa shape index (κ2) is 5.19. The molecule has 0 spiro atoms. The van der Waals surface area contributed by atoms with E-state index in [4.69, 9.17) is 16.3 Å². The van der Waals surface area contributed by atoms with Crippen LogP contribution in [0.15, 0.2) is 42.5 Å². The number of halogens is 2. The van der Waals surface area contributed by atoms with Crippen molar-refractivity contribution in [1.29, 1.82) is 0 Å². The van der Waals surface area contributed by atoms with Crippen molar-refractivity contribution >= 4 is 17.4 Å². The first-order valence-corrected chi connectivity index (χ1v) is 5.68. The van der Waals surface area contributed by atoms with Gasteiger partial charge in [0.2, 0.25) is 0 Å². The number of hydrogen-bond acceptors (Lipinski definition) is 2. The molecule has 0 aliphatic carbocycles. The van der Waals surface area contributed by atoms with Crippen LogP contribution in [0.4, 0.5) is 4.39 Å². The summed E-state index contributed by atoms with van der Waals surface area (Å²) in [6, 6.07) is 10.6. The van der Waals surface area contributed by atoms with Crippen molar-refractivity contribution in [3.05, 3.63) is 58.9 Å². The summed E-state index contributed by atoms with van der Waals surface area (Å²) >= 11 is 5.84. The summed E-state index contributed by atoms with van der Waals surface area (Å²) in [6.07, 6.45) is 0. The van der Waals surface area contributed by atoms with E-state index in [0.717, 1.165) is 0 Å². The van der Waals surface area contributed by atoms with Crippen LogP contribution >= 0.6 is 11.6 Å². The van der Waals surface area contributed by atoms with Gasteiger partial charge in [-0.25, -0.2) is 4.39 Å². The molecule has 0 aliphatic heterocycles. The van der Waals surface area contributed by atoms with E-state index in [1.807, 2.05) is 0 Å². The summed E-state index contributed by atoms with van der Waals surface area (Å²) in [7, 11) is 0. The van der Waals surface area contributed by atoms with Gasteiger partial charge in [-0.2, -0.15) is 0 Å². The molecule has 2 nitrogen and oxygen atoms in total. The van der Waals surface area contributed by atoms with Gasteiger partial charge in [0.25, 0.3) is 0 Å². The van der Waals surface area contributed by atoms with Crippen LogP contribution in [-0.2, 0) is 0 Å². The van der Waals surface area contributed by atoms with Gasteiger partial charge in [0.1, 0.15) is 17.3 Å². The molecule has 0 unspecified atom stereocenters. The number of hydrogen-bond donors (Lipinski definition) is 0. The van der Waals surface area contributed by atoms with Crippen LogP contribution in [-0.4, -0.2) is 5.78 Å². The summed E-state index contributed by atoms with van der Waals surface area (Å²) in [6.45, 7) is 1.49. The summed E-state index contributed by atoms with van der Waals surface area (Å²) in [5.41, 5.74) is 0.604. The highest BCUT2D eigenvalue weighted by atomic mass is 35.5. The first-order chi connectivity index (χ1) is 8.56. The molecule has 0 heterocycles. The van der Waals surface area contributed by atoms with Crippen molar-refractivity contribution in [3.63, 3.8) is 0 Å². The number of Topliss-reactive ketones (excluding diaryl/α,β-unsaturated/α-hetero) is 1. The molecular formula is C14H10ClFO2. The monoisotopic (exact) mass is 264 g/mol. The average molecular weight is 265 g/mol. The van der Waals surface area contributed by atoms with E-state index in [0.29, 0.717) is 17.1 Å². The first kappa shape index (κ1) is 12.6. The number of ether oxygens (including phenoxy) is 1. The number of rotatable bonds is 3. The molecule has 0 aromatic heterocycles. The van der Waals surface area contributed by atoms with Crippen LogP contribution in [0.5, 0.6) is 11.5 Å². The average Bonchev–Trinajstić information content (AvgIpc) is 2.33. The Morgan fingerprint density at radius 2 is 1.83 bits per heavy atom. The van der Waals surface area contributed by atoms with E-state index in [1.54, 1.807) is 24.3 Å². The summed E-state index contributed by atoms with van der Waals surface area (Å²) < 4.78 is 18.3. The van der Waals surface area contributed by atoms with Crippen LogP contribution in [0.1, 0.15) is 17.3 Å². The molecule has 0 amide bonds. The fourth-order valence-electron chi connectivity index (χ4n) is 1.44. The fourth-order valence-corrected chi connectivity index (χ4v) is 1.65. The Morgan fingerprint density at radius 3 is 2.39 bits per heavy atom. The molecule has 18 heavy (non-hydrogen) atoms. The molecule has 2 aromatic carbocycles. The van der Waals surface area contributed by atoms with Gasteiger partial charge >= 0.3 is 0 Å². The van der Waals surface area contributed by atoms with E-state index >= 15 is 0 Å². The Balaban J connectivity index is 2.21. The van der Waals surface area contributed by atoms with Gasteiger partial charge in [-0.15, -0.1) is 0 Å². The summed E-state index contributed by atoms with van der Waals surface area (Å²) in [5.74, 6) is 0.475. The number of carbonyl (C=O) groups excluding carboxylic acids is 1. The SMILES string of the molecule is CC(=O)c1ccc(Oc2ccc(F)cc2Cl)cc1. The van der Waals surface area contributed by atoms with Crippen LogP contribution in [0, 0.1) is 5.82 Å². The molecule has 0 radical (unpaired) electrons. The van der Waals surface area contributed by atoms with Gasteiger partial charge in [-0.1, -0.05) is 11.6 Å². The van der Waals surface area contributed by atoms with Crippen molar-refractivity contribution in [1.82, 2.24) is 0 Å². The zero-order valence-corrected chi connectivity index (χ0v) is 10.4. The lowest BCUT2D eigenvalue weighted by molar-refractivity contribution is 0.101. The molecule has 92 valence electrons. The van der Waals surface area contributed by atoms with Gasteiger partial charge in [-0.3, -0.25) is 4.79 Å². The lowest BCUT2D eigenvalue weighted by atomic mass is 10.1. The second-order valence-corrected chi connectivity index (χ2v) is 4.16. The normalized spacial score (nSPS) is 10.2. The van der Waals surface area contributed by atoms with Crippen molar-refractivity contribution in [2.75, 3.05) is 0 Å². The third-order valence-electron chi connectivity index (χ3n) is 2.38. The maximum absolute atomic E-state index is 12.9. The van der Waals surface area contributed by atoms with Crippen LogP contribution in [0.3, 0.4) is 0 Å². The van der Waals surface area contributed by atoms with Crippen molar-refractivity contribution in [2.45, 2.75) is 6.92 Å². The minimum absolute atomic E-state index is 0.0126. The lowest BCUT2D eigenvalue weighted by Gasteiger charge is -2.07. The van der Waals surface area contributed by atoms with Crippen LogP contribution in [0.2, 0.25) is 5.02 Å². The second-order valence-electron chi connectivity index (χ2n) is 3.76. The maximum atomic E-state index is 12.9. The molecule has 0 bridgehead atoms. The molecule has 0 saturated carbocycles. The highest BCUT2D eigenvalue weighted by molar-refractivity contribution is 6.32. The van der Waals surface area contributed by atoms with Gasteiger partial charge < -0.3 is 4.74 Å².